The van der Waals surface area contributed by atoms with Crippen LogP contribution in [0.15, 0.2) is 24.3 Å². The van der Waals surface area contributed by atoms with Crippen molar-refractivity contribution >= 4 is 15.5 Å². The third-order valence-electron chi connectivity index (χ3n) is 2.95. The zero-order valence-electron chi connectivity index (χ0n) is 10.2. The molecule has 0 radical (unpaired) electrons. The molecule has 1 aliphatic heterocycles. The van der Waals surface area contributed by atoms with Crippen LogP contribution < -0.4 is 68.9 Å². The van der Waals surface area contributed by atoms with E-state index in [2.05, 4.69) is 0 Å². The van der Waals surface area contributed by atoms with Crippen molar-refractivity contribution in [3.8, 4) is 0 Å². The Morgan fingerprint density at radius 1 is 1.29 bits per heavy atom. The van der Waals surface area contributed by atoms with E-state index < -0.39 is 15.1 Å². The molecule has 1 aromatic carbocycles. The molecule has 1 aromatic rings. The molecule has 0 amide bonds. The monoisotopic (exact) mass is 372 g/mol. The first-order valence-corrected chi connectivity index (χ1v) is 6.92. The molecular formula is C11H15CsN2O2S. The van der Waals surface area contributed by atoms with Gasteiger partial charge in [0, 0.05) is 13.1 Å². The molecular weight excluding hydrogens is 357 g/mol. The van der Waals surface area contributed by atoms with Crippen LogP contribution in [0.5, 0.6) is 0 Å². The van der Waals surface area contributed by atoms with E-state index in [1.807, 2.05) is 11.9 Å². The quantitative estimate of drug-likeness (QED) is 0.621. The molecule has 1 aliphatic rings. The number of hydrogen-bond donors (Lipinski definition) is 0. The zero-order valence-corrected chi connectivity index (χ0v) is 17.3. The van der Waals surface area contributed by atoms with Gasteiger partial charge < -0.3 is 10.6 Å². The molecule has 4 nitrogen and oxygen atoms in total. The molecule has 0 saturated carbocycles. The van der Waals surface area contributed by atoms with Gasteiger partial charge in [-0.25, -0.2) is 8.42 Å². The summed E-state index contributed by atoms with van der Waals surface area (Å²) in [4.78, 5) is 2.03. The van der Waals surface area contributed by atoms with Crippen LogP contribution in [0.3, 0.4) is 0 Å². The van der Waals surface area contributed by atoms with E-state index >= 15 is 0 Å². The van der Waals surface area contributed by atoms with Crippen LogP contribution >= 0.6 is 0 Å². The molecule has 88 valence electrons. The van der Waals surface area contributed by atoms with Crippen molar-refractivity contribution in [3.63, 3.8) is 0 Å². The summed E-state index contributed by atoms with van der Waals surface area (Å²) in [5, 5.41) is -0.438. The van der Waals surface area contributed by atoms with Crippen molar-refractivity contribution < 1.29 is 77.3 Å². The van der Waals surface area contributed by atoms with Crippen LogP contribution in [-0.4, -0.2) is 39.2 Å². The van der Waals surface area contributed by atoms with Crippen molar-refractivity contribution in [3.05, 3.63) is 35.6 Å². The molecule has 1 N–H and O–H groups in total. The molecule has 1 fully saturated rings. The number of likely N-dealkylation sites (N-methyl/N-ethyl adjacent to an activating group) is 1. The van der Waals surface area contributed by atoms with Gasteiger partial charge in [-0.2, -0.15) is 0 Å². The normalized spacial score (nSPS) is 23.9. The summed E-state index contributed by atoms with van der Waals surface area (Å²) >= 11 is 0. The van der Waals surface area contributed by atoms with Gasteiger partial charge in [0.2, 0.25) is 0 Å². The fourth-order valence-corrected chi connectivity index (χ4v) is 3.83. The summed E-state index contributed by atoms with van der Waals surface area (Å²) in [5.74, 6) is 0.219. The molecule has 0 aromatic heterocycles. The second-order valence-electron chi connectivity index (χ2n) is 4.24. The SMILES string of the molecule is CN1CCS(=O)(=O)C(c2ccc([NH-])cc2)C1.[Cs+]. The third kappa shape index (κ3) is 3.97. The van der Waals surface area contributed by atoms with Gasteiger partial charge in [-0.3, -0.25) is 0 Å². The van der Waals surface area contributed by atoms with Crippen LogP contribution in [0.4, 0.5) is 5.69 Å². The fourth-order valence-electron chi connectivity index (χ4n) is 1.92. The van der Waals surface area contributed by atoms with Crippen molar-refractivity contribution in [1.82, 2.24) is 4.90 Å². The van der Waals surface area contributed by atoms with Crippen LogP contribution in [-0.2, 0) is 9.84 Å². The summed E-state index contributed by atoms with van der Waals surface area (Å²) in [6.07, 6.45) is 0. The Kier molecular flexibility index (Phi) is 6.06. The number of nitrogens with one attached hydrogen (secondary N) is 1. The van der Waals surface area contributed by atoms with E-state index in [1.54, 1.807) is 24.3 Å². The Morgan fingerprint density at radius 3 is 2.47 bits per heavy atom. The number of sulfone groups is 1. The zero-order chi connectivity index (χ0) is 11.8. The summed E-state index contributed by atoms with van der Waals surface area (Å²) in [7, 11) is -1.09. The largest absolute Gasteiger partial charge is 1.00 e. The Balaban J connectivity index is 0.00000144. The van der Waals surface area contributed by atoms with Crippen LogP contribution in [0, 0.1) is 0 Å². The molecule has 1 saturated heterocycles. The number of rotatable bonds is 1. The average Bonchev–Trinajstić information content (AvgIpc) is 2.23. The number of benzene rings is 1. The minimum absolute atomic E-state index is 0. The van der Waals surface area contributed by atoms with Gasteiger partial charge in [0.05, 0.1) is 11.0 Å². The Bertz CT molecular complexity index is 473. The maximum absolute atomic E-state index is 11.9. The fraction of sp³-hybridized carbons (Fsp3) is 0.455. The Morgan fingerprint density at radius 2 is 1.88 bits per heavy atom. The molecule has 1 atom stereocenters. The summed E-state index contributed by atoms with van der Waals surface area (Å²) < 4.78 is 23.9. The predicted molar refractivity (Wildman–Crippen MR) is 64.4 cm³/mol. The van der Waals surface area contributed by atoms with Gasteiger partial charge in [0.15, 0.2) is 9.84 Å². The van der Waals surface area contributed by atoms with Crippen LogP contribution in [0.25, 0.3) is 5.73 Å². The first-order chi connectivity index (χ1) is 7.49. The molecule has 2 rings (SSSR count). The number of hydrogen-bond acceptors (Lipinski definition) is 3. The topological polar surface area (TPSA) is 61.2 Å². The standard InChI is InChI=1S/C11H15N2O2S.Cs/c1-13-6-7-16(14,15)11(8-13)9-2-4-10(12)5-3-9;/h2-5,11-12H,6-8H2,1H3;/q-1;+1. The third-order valence-corrected chi connectivity index (χ3v) is 4.99. The van der Waals surface area contributed by atoms with Gasteiger partial charge >= 0.3 is 68.9 Å². The number of nitrogens with zero attached hydrogens (tertiary/aromatic N) is 1. The second kappa shape index (κ2) is 6.43. The van der Waals surface area contributed by atoms with E-state index in [4.69, 9.17) is 5.73 Å². The maximum Gasteiger partial charge on any atom is 1.00 e. The molecule has 0 bridgehead atoms. The summed E-state index contributed by atoms with van der Waals surface area (Å²) in [6.45, 7) is 1.15. The maximum atomic E-state index is 11.9. The minimum Gasteiger partial charge on any atom is -0.699 e. The second-order valence-corrected chi connectivity index (χ2v) is 6.54. The van der Waals surface area contributed by atoms with E-state index in [0.29, 0.717) is 18.8 Å². The summed E-state index contributed by atoms with van der Waals surface area (Å²) in [5.41, 5.74) is 8.59. The molecule has 1 heterocycles. The van der Waals surface area contributed by atoms with Gasteiger partial charge in [-0.05, 0) is 12.6 Å². The molecule has 1 unspecified atom stereocenters. The predicted octanol–water partition coefficient (Wildman–Crippen LogP) is -1.22. The van der Waals surface area contributed by atoms with Crippen molar-refractivity contribution in [2.45, 2.75) is 5.25 Å². The smallest absolute Gasteiger partial charge is 0.699 e. The van der Waals surface area contributed by atoms with E-state index in [-0.39, 0.29) is 74.6 Å². The summed E-state index contributed by atoms with van der Waals surface area (Å²) in [6, 6.07) is 6.76. The Labute approximate surface area is 161 Å². The molecule has 6 heteroatoms. The van der Waals surface area contributed by atoms with Gasteiger partial charge in [0.1, 0.15) is 0 Å². The first kappa shape index (κ1) is 16.0. The van der Waals surface area contributed by atoms with Gasteiger partial charge in [0.25, 0.3) is 0 Å². The minimum atomic E-state index is -3.03. The van der Waals surface area contributed by atoms with Gasteiger partial charge in [-0.15, -0.1) is 5.69 Å². The van der Waals surface area contributed by atoms with Gasteiger partial charge in [-0.1, -0.05) is 24.3 Å². The van der Waals surface area contributed by atoms with Crippen LogP contribution in [0.1, 0.15) is 10.8 Å². The Hall–Kier alpha value is 0.982. The van der Waals surface area contributed by atoms with E-state index in [1.165, 1.54) is 0 Å². The van der Waals surface area contributed by atoms with Crippen LogP contribution in [0.2, 0.25) is 0 Å². The molecule has 0 aliphatic carbocycles. The van der Waals surface area contributed by atoms with Crippen molar-refractivity contribution in [1.29, 1.82) is 0 Å². The van der Waals surface area contributed by atoms with Crippen molar-refractivity contribution in [2.24, 2.45) is 0 Å². The first-order valence-electron chi connectivity index (χ1n) is 5.21. The molecule has 0 spiro atoms. The average molecular weight is 372 g/mol. The molecule has 17 heavy (non-hydrogen) atoms. The van der Waals surface area contributed by atoms with E-state index in [0.717, 1.165) is 5.56 Å². The van der Waals surface area contributed by atoms with E-state index in [9.17, 15) is 8.42 Å². The van der Waals surface area contributed by atoms with Crippen molar-refractivity contribution in [2.75, 3.05) is 25.9 Å².